The van der Waals surface area contributed by atoms with Crippen LogP contribution in [0.2, 0.25) is 0 Å². The number of carbonyl (C=O) groups excluding carboxylic acids is 1. The number of carboxylic acid groups (broad SMARTS) is 1. The van der Waals surface area contributed by atoms with Crippen LogP contribution in [-0.2, 0) is 15.8 Å². The fourth-order valence-electron chi connectivity index (χ4n) is 2.32. The topological polar surface area (TPSA) is 57.6 Å². The van der Waals surface area contributed by atoms with E-state index in [9.17, 15) is 22.8 Å². The van der Waals surface area contributed by atoms with Crippen molar-refractivity contribution in [3.05, 3.63) is 35.4 Å². The van der Waals surface area contributed by atoms with Gasteiger partial charge in [-0.15, -0.1) is 0 Å². The predicted molar refractivity (Wildman–Crippen MR) is 67.6 cm³/mol. The van der Waals surface area contributed by atoms with Gasteiger partial charge < -0.3 is 10.0 Å². The molecule has 1 aliphatic rings. The van der Waals surface area contributed by atoms with Gasteiger partial charge in [-0.3, -0.25) is 9.59 Å². The first-order valence-corrected chi connectivity index (χ1v) is 6.34. The highest BCUT2D eigenvalue weighted by atomic mass is 19.4. The van der Waals surface area contributed by atoms with Gasteiger partial charge in [0.05, 0.1) is 5.56 Å². The first kappa shape index (κ1) is 15.3. The van der Waals surface area contributed by atoms with Gasteiger partial charge in [-0.05, 0) is 30.0 Å². The molecule has 4 nitrogen and oxygen atoms in total. The van der Waals surface area contributed by atoms with Crippen molar-refractivity contribution in [3.8, 4) is 0 Å². The summed E-state index contributed by atoms with van der Waals surface area (Å²) >= 11 is 0. The standard InChI is InChI=1S/C14H14F3NO3/c1-18(7-12(19)20)13(21)11-6-10(11)8-2-4-9(5-3-8)14(15,16)17/h2-5,10-11H,6-7H2,1H3,(H,19,20). The first-order chi connectivity index (χ1) is 9.70. The molecule has 1 fully saturated rings. The van der Waals surface area contributed by atoms with Crippen LogP contribution >= 0.6 is 0 Å². The molecule has 1 amide bonds. The zero-order valence-corrected chi connectivity index (χ0v) is 11.2. The van der Waals surface area contributed by atoms with E-state index in [2.05, 4.69) is 0 Å². The molecule has 2 unspecified atom stereocenters. The lowest BCUT2D eigenvalue weighted by atomic mass is 10.1. The third kappa shape index (κ3) is 3.53. The third-order valence-electron chi connectivity index (χ3n) is 3.52. The van der Waals surface area contributed by atoms with Crippen molar-refractivity contribution in [2.24, 2.45) is 5.92 Å². The van der Waals surface area contributed by atoms with E-state index in [1.165, 1.54) is 19.2 Å². The van der Waals surface area contributed by atoms with E-state index in [1.54, 1.807) is 0 Å². The number of aliphatic carboxylic acids is 1. The molecule has 0 heterocycles. The largest absolute Gasteiger partial charge is 0.480 e. The van der Waals surface area contributed by atoms with Crippen LogP contribution in [0.5, 0.6) is 0 Å². The van der Waals surface area contributed by atoms with E-state index < -0.39 is 17.7 Å². The van der Waals surface area contributed by atoms with Crippen molar-refractivity contribution in [1.82, 2.24) is 4.90 Å². The van der Waals surface area contributed by atoms with Gasteiger partial charge in [-0.25, -0.2) is 0 Å². The highest BCUT2D eigenvalue weighted by molar-refractivity contribution is 5.85. The summed E-state index contributed by atoms with van der Waals surface area (Å²) in [5.74, 6) is -1.86. The number of hydrogen-bond acceptors (Lipinski definition) is 2. The van der Waals surface area contributed by atoms with Crippen molar-refractivity contribution in [2.75, 3.05) is 13.6 Å². The van der Waals surface area contributed by atoms with Gasteiger partial charge in [0.15, 0.2) is 0 Å². The number of amides is 1. The van der Waals surface area contributed by atoms with Gasteiger partial charge in [0.1, 0.15) is 6.54 Å². The number of alkyl halides is 3. The summed E-state index contributed by atoms with van der Waals surface area (Å²) in [4.78, 5) is 23.6. The average Bonchev–Trinajstić information content (AvgIpc) is 3.16. The first-order valence-electron chi connectivity index (χ1n) is 6.34. The van der Waals surface area contributed by atoms with Crippen LogP contribution in [0.25, 0.3) is 0 Å². The molecule has 2 atom stereocenters. The van der Waals surface area contributed by atoms with Crippen LogP contribution in [0.15, 0.2) is 24.3 Å². The molecule has 21 heavy (non-hydrogen) atoms. The minimum atomic E-state index is -4.38. The molecule has 1 aromatic rings. The number of carbonyl (C=O) groups is 2. The molecule has 7 heteroatoms. The zero-order valence-electron chi connectivity index (χ0n) is 11.2. The molecule has 0 saturated heterocycles. The monoisotopic (exact) mass is 301 g/mol. The lowest BCUT2D eigenvalue weighted by Crippen LogP contribution is -2.33. The molecule has 0 bridgehead atoms. The number of rotatable bonds is 4. The van der Waals surface area contributed by atoms with Crippen LogP contribution in [0.1, 0.15) is 23.5 Å². The second kappa shape index (κ2) is 5.38. The summed E-state index contributed by atoms with van der Waals surface area (Å²) < 4.78 is 37.4. The Balaban J connectivity index is 2.00. The highest BCUT2D eigenvalue weighted by Gasteiger charge is 2.45. The fourth-order valence-corrected chi connectivity index (χ4v) is 2.32. The fraction of sp³-hybridized carbons (Fsp3) is 0.429. The molecular weight excluding hydrogens is 287 g/mol. The Morgan fingerprint density at radius 1 is 1.29 bits per heavy atom. The van der Waals surface area contributed by atoms with Crippen molar-refractivity contribution >= 4 is 11.9 Å². The predicted octanol–water partition coefficient (Wildman–Crippen LogP) is 2.35. The molecule has 0 aromatic heterocycles. The van der Waals surface area contributed by atoms with E-state index in [0.717, 1.165) is 17.0 Å². The Morgan fingerprint density at radius 3 is 2.33 bits per heavy atom. The lowest BCUT2D eigenvalue weighted by molar-refractivity contribution is -0.144. The Hall–Kier alpha value is -2.05. The average molecular weight is 301 g/mol. The summed E-state index contributed by atoms with van der Waals surface area (Å²) in [5.41, 5.74) is -0.0529. The number of carboxylic acids is 1. The van der Waals surface area contributed by atoms with Crippen LogP contribution in [0.4, 0.5) is 13.2 Å². The second-order valence-corrected chi connectivity index (χ2v) is 5.16. The summed E-state index contributed by atoms with van der Waals surface area (Å²) in [6, 6.07) is 4.74. The van der Waals surface area contributed by atoms with Crippen LogP contribution in [-0.4, -0.2) is 35.5 Å². The van der Waals surface area contributed by atoms with E-state index >= 15 is 0 Å². The molecule has 1 saturated carbocycles. The number of nitrogens with zero attached hydrogens (tertiary/aromatic N) is 1. The summed E-state index contributed by atoms with van der Waals surface area (Å²) in [5, 5.41) is 8.62. The molecular formula is C14H14F3NO3. The SMILES string of the molecule is CN(CC(=O)O)C(=O)C1CC1c1ccc(C(F)(F)F)cc1. The maximum absolute atomic E-state index is 12.5. The normalized spacial score (nSPS) is 21.0. The molecule has 1 aliphatic carbocycles. The highest BCUT2D eigenvalue weighted by Crippen LogP contribution is 2.48. The summed E-state index contributed by atoms with van der Waals surface area (Å²) in [7, 11) is 1.40. The maximum atomic E-state index is 12.5. The van der Waals surface area contributed by atoms with E-state index in [-0.39, 0.29) is 24.3 Å². The molecule has 114 valence electrons. The Morgan fingerprint density at radius 2 is 1.86 bits per heavy atom. The van der Waals surface area contributed by atoms with Gasteiger partial charge in [-0.2, -0.15) is 13.2 Å². The van der Waals surface area contributed by atoms with Gasteiger partial charge in [0, 0.05) is 13.0 Å². The van der Waals surface area contributed by atoms with Crippen molar-refractivity contribution in [3.63, 3.8) is 0 Å². The van der Waals surface area contributed by atoms with Crippen LogP contribution in [0, 0.1) is 5.92 Å². The number of likely N-dealkylation sites (N-methyl/N-ethyl adjacent to an activating group) is 1. The Kier molecular flexibility index (Phi) is 3.93. The van der Waals surface area contributed by atoms with Crippen LogP contribution < -0.4 is 0 Å². The molecule has 1 aromatic carbocycles. The van der Waals surface area contributed by atoms with Crippen molar-refractivity contribution in [1.29, 1.82) is 0 Å². The third-order valence-corrected chi connectivity index (χ3v) is 3.52. The number of halogens is 3. The molecule has 2 rings (SSSR count). The number of hydrogen-bond donors (Lipinski definition) is 1. The van der Waals surface area contributed by atoms with Crippen LogP contribution in [0.3, 0.4) is 0 Å². The van der Waals surface area contributed by atoms with Crippen molar-refractivity contribution < 1.29 is 27.9 Å². The maximum Gasteiger partial charge on any atom is 0.416 e. The second-order valence-electron chi connectivity index (χ2n) is 5.16. The van der Waals surface area contributed by atoms with Gasteiger partial charge in [0.2, 0.25) is 5.91 Å². The minimum absolute atomic E-state index is 0.129. The van der Waals surface area contributed by atoms with Gasteiger partial charge >= 0.3 is 12.1 Å². The van der Waals surface area contributed by atoms with E-state index in [4.69, 9.17) is 5.11 Å². The summed E-state index contributed by atoms with van der Waals surface area (Å²) in [6.45, 7) is -0.380. The van der Waals surface area contributed by atoms with Gasteiger partial charge in [0.25, 0.3) is 0 Å². The lowest BCUT2D eigenvalue weighted by Gasteiger charge is -2.14. The quantitative estimate of drug-likeness (QED) is 0.928. The molecule has 0 spiro atoms. The molecule has 1 N–H and O–H groups in total. The van der Waals surface area contributed by atoms with E-state index in [0.29, 0.717) is 12.0 Å². The Bertz CT molecular complexity index is 554. The zero-order chi connectivity index (χ0) is 15.8. The van der Waals surface area contributed by atoms with Gasteiger partial charge in [-0.1, -0.05) is 12.1 Å². The summed E-state index contributed by atoms with van der Waals surface area (Å²) in [6.07, 6.45) is -3.84. The minimum Gasteiger partial charge on any atom is -0.480 e. The Labute approximate surface area is 119 Å². The molecule has 0 aliphatic heterocycles. The number of benzene rings is 1. The van der Waals surface area contributed by atoms with E-state index in [1.807, 2.05) is 0 Å². The van der Waals surface area contributed by atoms with Crippen molar-refractivity contribution in [2.45, 2.75) is 18.5 Å². The molecule has 0 radical (unpaired) electrons. The smallest absolute Gasteiger partial charge is 0.416 e.